The van der Waals surface area contributed by atoms with E-state index < -0.39 is 6.10 Å². The van der Waals surface area contributed by atoms with E-state index in [4.69, 9.17) is 9.47 Å². The number of esters is 2. The average molecular weight is 889 g/mol. The number of carbonyl (C=O) groups excluding carboxylic acids is 2. The van der Waals surface area contributed by atoms with Gasteiger partial charge in [0.05, 0.1) is 6.61 Å². The Bertz CT molecular complexity index is 1230. The third-order valence-electron chi connectivity index (χ3n) is 11.4. The van der Waals surface area contributed by atoms with Gasteiger partial charge in [0, 0.05) is 12.8 Å². The topological polar surface area (TPSA) is 72.8 Å². The minimum Gasteiger partial charge on any atom is -0.462 e. The maximum absolute atomic E-state index is 12.3. The average Bonchev–Trinajstić information content (AvgIpc) is 3.30. The van der Waals surface area contributed by atoms with Crippen molar-refractivity contribution in [3.8, 4) is 0 Å². The highest BCUT2D eigenvalue weighted by Crippen LogP contribution is 2.16. The van der Waals surface area contributed by atoms with Gasteiger partial charge >= 0.3 is 11.9 Å². The number of carbonyl (C=O) groups is 2. The predicted octanol–water partition coefficient (Wildman–Crippen LogP) is 18.0. The summed E-state index contributed by atoms with van der Waals surface area (Å²) in [5.74, 6) is -0.683. The molecule has 0 spiro atoms. The number of aliphatic hydroxyl groups excluding tert-OH is 1. The molecule has 0 saturated carbocycles. The Morgan fingerprint density at radius 1 is 0.359 bits per heavy atom. The highest BCUT2D eigenvalue weighted by atomic mass is 16.6. The van der Waals surface area contributed by atoms with Crippen LogP contribution in [0.1, 0.15) is 245 Å². The molecule has 0 amide bonds. The van der Waals surface area contributed by atoms with Crippen LogP contribution in [-0.4, -0.2) is 36.4 Å². The molecule has 0 saturated heterocycles. The monoisotopic (exact) mass is 889 g/mol. The number of hydrogen-bond acceptors (Lipinski definition) is 5. The Hall–Kier alpha value is -3.18. The SMILES string of the molecule is CC/C=C\C/C=C\C/C=C\C/C=C\CCCCCCCCCCCCCCCCCCCCCCCCCCC(=O)OC(CO)COC(=O)CC/C=C\C/C=C\C/C=C\C/C=C\CC. The first-order valence-corrected chi connectivity index (χ1v) is 26.8. The first kappa shape index (κ1) is 60.8. The molecule has 64 heavy (non-hydrogen) atoms. The van der Waals surface area contributed by atoms with Gasteiger partial charge in [0.15, 0.2) is 6.10 Å². The van der Waals surface area contributed by atoms with Crippen LogP contribution in [-0.2, 0) is 19.1 Å². The quantitative estimate of drug-likeness (QED) is 0.0374. The summed E-state index contributed by atoms with van der Waals surface area (Å²) < 4.78 is 10.6. The van der Waals surface area contributed by atoms with E-state index in [-0.39, 0.29) is 31.6 Å². The van der Waals surface area contributed by atoms with E-state index in [9.17, 15) is 14.7 Å². The van der Waals surface area contributed by atoms with Gasteiger partial charge in [0.25, 0.3) is 0 Å². The fraction of sp³-hybridized carbons (Fsp3) is 0.695. The zero-order valence-electron chi connectivity index (χ0n) is 41.8. The molecule has 0 aromatic carbocycles. The highest BCUT2D eigenvalue weighted by molar-refractivity contribution is 5.70. The van der Waals surface area contributed by atoms with Gasteiger partial charge in [-0.25, -0.2) is 0 Å². The Balaban J connectivity index is 3.44. The molecule has 1 N–H and O–H groups in total. The van der Waals surface area contributed by atoms with E-state index in [2.05, 4.69) is 98.9 Å². The smallest absolute Gasteiger partial charge is 0.306 e. The van der Waals surface area contributed by atoms with Crippen LogP contribution < -0.4 is 0 Å². The number of allylic oxidation sites excluding steroid dienone is 16. The van der Waals surface area contributed by atoms with E-state index in [1.54, 1.807) is 0 Å². The van der Waals surface area contributed by atoms with E-state index in [1.807, 2.05) is 12.2 Å². The first-order chi connectivity index (χ1) is 31.6. The zero-order valence-corrected chi connectivity index (χ0v) is 41.8. The summed E-state index contributed by atoms with van der Waals surface area (Å²) in [6, 6.07) is 0. The fourth-order valence-corrected chi connectivity index (χ4v) is 7.44. The zero-order chi connectivity index (χ0) is 46.3. The molecule has 0 aliphatic carbocycles. The van der Waals surface area contributed by atoms with Crippen molar-refractivity contribution in [1.82, 2.24) is 0 Å². The number of rotatable bonds is 48. The molecule has 0 aromatic rings. The van der Waals surface area contributed by atoms with E-state index in [0.717, 1.165) is 70.6 Å². The van der Waals surface area contributed by atoms with Crippen molar-refractivity contribution in [2.24, 2.45) is 0 Å². The summed E-state index contributed by atoms with van der Waals surface area (Å²) >= 11 is 0. The lowest BCUT2D eigenvalue weighted by Gasteiger charge is -2.15. The van der Waals surface area contributed by atoms with Gasteiger partial charge in [-0.2, -0.15) is 0 Å². The van der Waals surface area contributed by atoms with Gasteiger partial charge in [-0.15, -0.1) is 0 Å². The van der Waals surface area contributed by atoms with Gasteiger partial charge in [-0.05, 0) is 77.0 Å². The summed E-state index contributed by atoms with van der Waals surface area (Å²) in [4.78, 5) is 24.3. The lowest BCUT2D eigenvalue weighted by Crippen LogP contribution is -2.28. The van der Waals surface area contributed by atoms with E-state index >= 15 is 0 Å². The van der Waals surface area contributed by atoms with Crippen molar-refractivity contribution >= 4 is 11.9 Å². The molecule has 0 heterocycles. The van der Waals surface area contributed by atoms with Crippen molar-refractivity contribution in [3.05, 3.63) is 97.2 Å². The van der Waals surface area contributed by atoms with Gasteiger partial charge in [0.1, 0.15) is 6.61 Å². The Kier molecular flexibility index (Phi) is 51.5. The molecule has 1 atom stereocenters. The van der Waals surface area contributed by atoms with Crippen molar-refractivity contribution in [1.29, 1.82) is 0 Å². The Morgan fingerprint density at radius 2 is 0.656 bits per heavy atom. The molecular formula is C59H100O5. The van der Waals surface area contributed by atoms with Gasteiger partial charge in [0.2, 0.25) is 0 Å². The highest BCUT2D eigenvalue weighted by Gasteiger charge is 2.16. The van der Waals surface area contributed by atoms with Crippen LogP contribution in [0.15, 0.2) is 97.2 Å². The van der Waals surface area contributed by atoms with Crippen LogP contribution in [0.2, 0.25) is 0 Å². The fourth-order valence-electron chi connectivity index (χ4n) is 7.44. The Labute approximate surface area is 396 Å². The lowest BCUT2D eigenvalue weighted by molar-refractivity contribution is -0.161. The summed E-state index contributed by atoms with van der Waals surface area (Å²) in [5, 5.41) is 9.59. The maximum Gasteiger partial charge on any atom is 0.306 e. The van der Waals surface area contributed by atoms with Crippen LogP contribution in [0.5, 0.6) is 0 Å². The van der Waals surface area contributed by atoms with Crippen molar-refractivity contribution in [3.63, 3.8) is 0 Å². The molecule has 0 aliphatic rings. The van der Waals surface area contributed by atoms with Crippen molar-refractivity contribution < 1.29 is 24.2 Å². The van der Waals surface area contributed by atoms with Crippen LogP contribution in [0, 0.1) is 0 Å². The van der Waals surface area contributed by atoms with Gasteiger partial charge < -0.3 is 14.6 Å². The lowest BCUT2D eigenvalue weighted by atomic mass is 10.0. The van der Waals surface area contributed by atoms with Crippen LogP contribution in [0.4, 0.5) is 0 Å². The van der Waals surface area contributed by atoms with Gasteiger partial charge in [-0.1, -0.05) is 252 Å². The third kappa shape index (κ3) is 51.5. The summed E-state index contributed by atoms with van der Waals surface area (Å²) in [7, 11) is 0. The number of hydrogen-bond donors (Lipinski definition) is 1. The molecule has 5 nitrogen and oxygen atoms in total. The molecule has 0 aliphatic heterocycles. The molecule has 0 rings (SSSR count). The molecule has 0 bridgehead atoms. The molecule has 0 aromatic heterocycles. The second kappa shape index (κ2) is 54.2. The van der Waals surface area contributed by atoms with Crippen molar-refractivity contribution in [2.45, 2.75) is 251 Å². The summed E-state index contributed by atoms with van der Waals surface area (Å²) in [6.45, 7) is 3.85. The first-order valence-electron chi connectivity index (χ1n) is 26.8. The number of unbranched alkanes of at least 4 members (excludes halogenated alkanes) is 24. The number of ether oxygens (including phenoxy) is 2. The molecular weight excluding hydrogens is 789 g/mol. The number of aliphatic hydroxyl groups is 1. The molecule has 1 unspecified atom stereocenters. The predicted molar refractivity (Wildman–Crippen MR) is 279 cm³/mol. The van der Waals surface area contributed by atoms with Crippen molar-refractivity contribution in [2.75, 3.05) is 13.2 Å². The van der Waals surface area contributed by atoms with Crippen LogP contribution >= 0.6 is 0 Å². The molecule has 366 valence electrons. The minimum absolute atomic E-state index is 0.105. The molecule has 0 fully saturated rings. The maximum atomic E-state index is 12.3. The molecule has 5 heteroatoms. The summed E-state index contributed by atoms with van der Waals surface area (Å²) in [6.07, 6.45) is 77.0. The third-order valence-corrected chi connectivity index (χ3v) is 11.4. The normalized spacial score (nSPS) is 13.0. The van der Waals surface area contributed by atoms with E-state index in [1.165, 1.54) is 141 Å². The second-order valence-corrected chi connectivity index (χ2v) is 17.5. The van der Waals surface area contributed by atoms with E-state index in [0.29, 0.717) is 12.8 Å². The standard InChI is InChI=1S/C59H100O5/c1-3-5-7-9-11-13-15-17-18-19-20-21-22-23-24-25-26-27-28-29-30-31-32-33-34-35-36-37-38-39-40-42-44-46-48-50-52-54-59(62)64-57(55-60)56-63-58(61)53-51-49-47-45-43-41-16-14-12-10-8-6-4-2/h5-8,11-14,17-18,20-21,41,43,47,49,57,60H,3-4,9-10,15-16,19,22-40,42,44-46,48,50-56H2,1-2H3/b7-5-,8-6-,13-11-,14-12-,18-17-,21-20-,43-41-,49-47-. The van der Waals surface area contributed by atoms with Crippen LogP contribution in [0.25, 0.3) is 0 Å². The largest absolute Gasteiger partial charge is 0.462 e. The molecule has 0 radical (unpaired) electrons. The second-order valence-electron chi connectivity index (χ2n) is 17.5. The minimum atomic E-state index is -0.803. The Morgan fingerprint density at radius 3 is 1.00 bits per heavy atom. The van der Waals surface area contributed by atoms with Gasteiger partial charge in [-0.3, -0.25) is 9.59 Å². The van der Waals surface area contributed by atoms with Crippen LogP contribution in [0.3, 0.4) is 0 Å². The summed E-state index contributed by atoms with van der Waals surface area (Å²) in [5.41, 5.74) is 0.